The van der Waals surface area contributed by atoms with E-state index in [1.54, 1.807) is 6.07 Å². The molecule has 0 aliphatic heterocycles. The summed E-state index contributed by atoms with van der Waals surface area (Å²) in [6.45, 7) is 0. The van der Waals surface area contributed by atoms with Crippen LogP contribution in [-0.2, 0) is 6.42 Å². The van der Waals surface area contributed by atoms with Gasteiger partial charge in [0.1, 0.15) is 5.75 Å². The van der Waals surface area contributed by atoms with E-state index in [1.807, 2.05) is 12.1 Å². The van der Waals surface area contributed by atoms with Crippen molar-refractivity contribution in [1.82, 2.24) is 0 Å². The van der Waals surface area contributed by atoms with Gasteiger partial charge in [-0.25, -0.2) is 0 Å². The van der Waals surface area contributed by atoms with Crippen molar-refractivity contribution in [1.29, 1.82) is 0 Å². The van der Waals surface area contributed by atoms with Crippen LogP contribution in [0.2, 0.25) is 5.02 Å². The van der Waals surface area contributed by atoms with Gasteiger partial charge in [-0.15, -0.1) is 0 Å². The Bertz CT molecular complexity index is 329. The molecular formula is C13H17ClO. The molecule has 0 heterocycles. The number of aromatic hydroxyl groups is 1. The van der Waals surface area contributed by atoms with Gasteiger partial charge in [0.05, 0.1) is 5.02 Å². The van der Waals surface area contributed by atoms with Gasteiger partial charge in [-0.1, -0.05) is 55.8 Å². The fourth-order valence-electron chi connectivity index (χ4n) is 2.43. The molecule has 0 spiro atoms. The van der Waals surface area contributed by atoms with Gasteiger partial charge in [-0.2, -0.15) is 0 Å². The smallest absolute Gasteiger partial charge is 0.137 e. The SMILES string of the molecule is Oc1c(Cl)cccc1CC1CCCCC1. The standard InChI is InChI=1S/C13H17ClO/c14-12-8-4-7-11(13(12)15)9-10-5-2-1-3-6-10/h4,7-8,10,15H,1-3,5-6,9H2. The lowest BCUT2D eigenvalue weighted by Gasteiger charge is -2.21. The van der Waals surface area contributed by atoms with Crippen LogP contribution in [0.25, 0.3) is 0 Å². The van der Waals surface area contributed by atoms with Crippen molar-refractivity contribution in [3.63, 3.8) is 0 Å². The summed E-state index contributed by atoms with van der Waals surface area (Å²) >= 11 is 5.88. The molecule has 0 bridgehead atoms. The summed E-state index contributed by atoms with van der Waals surface area (Å²) in [6.07, 6.45) is 7.63. The largest absolute Gasteiger partial charge is 0.506 e. The van der Waals surface area contributed by atoms with E-state index in [-0.39, 0.29) is 5.75 Å². The first-order valence-corrected chi connectivity index (χ1v) is 6.11. The molecule has 1 aliphatic rings. The van der Waals surface area contributed by atoms with Gasteiger partial charge in [0.25, 0.3) is 0 Å². The summed E-state index contributed by atoms with van der Waals surface area (Å²) in [4.78, 5) is 0. The van der Waals surface area contributed by atoms with Crippen LogP contribution in [0, 0.1) is 5.92 Å². The Labute approximate surface area is 96.1 Å². The van der Waals surface area contributed by atoms with E-state index in [1.165, 1.54) is 32.1 Å². The summed E-state index contributed by atoms with van der Waals surface area (Å²) < 4.78 is 0. The van der Waals surface area contributed by atoms with Gasteiger partial charge in [0, 0.05) is 0 Å². The molecule has 1 fully saturated rings. The number of hydrogen-bond donors (Lipinski definition) is 1. The molecule has 1 N–H and O–H groups in total. The molecule has 1 aromatic rings. The monoisotopic (exact) mass is 224 g/mol. The average Bonchev–Trinajstić information content (AvgIpc) is 2.26. The van der Waals surface area contributed by atoms with E-state index in [0.29, 0.717) is 5.02 Å². The molecule has 1 nitrogen and oxygen atoms in total. The van der Waals surface area contributed by atoms with Crippen molar-refractivity contribution in [2.24, 2.45) is 5.92 Å². The Morgan fingerprint density at radius 2 is 1.93 bits per heavy atom. The molecule has 0 atom stereocenters. The van der Waals surface area contributed by atoms with Crippen molar-refractivity contribution >= 4 is 11.6 Å². The normalized spacial score (nSPS) is 17.9. The van der Waals surface area contributed by atoms with Crippen LogP contribution in [-0.4, -0.2) is 5.11 Å². The minimum Gasteiger partial charge on any atom is -0.506 e. The molecule has 15 heavy (non-hydrogen) atoms. The number of halogens is 1. The Kier molecular flexibility index (Phi) is 3.53. The number of benzene rings is 1. The summed E-state index contributed by atoms with van der Waals surface area (Å²) in [5.74, 6) is 1.02. The Hall–Kier alpha value is -0.690. The maximum atomic E-state index is 9.80. The molecule has 0 amide bonds. The third kappa shape index (κ3) is 2.66. The lowest BCUT2D eigenvalue weighted by atomic mass is 9.85. The van der Waals surface area contributed by atoms with Crippen molar-refractivity contribution in [2.75, 3.05) is 0 Å². The molecule has 0 radical (unpaired) electrons. The molecular weight excluding hydrogens is 208 g/mol. The Balaban J connectivity index is 2.06. The van der Waals surface area contributed by atoms with Crippen LogP contribution < -0.4 is 0 Å². The van der Waals surface area contributed by atoms with Crippen molar-refractivity contribution in [2.45, 2.75) is 38.5 Å². The highest BCUT2D eigenvalue weighted by Crippen LogP contribution is 2.32. The fourth-order valence-corrected chi connectivity index (χ4v) is 2.62. The predicted molar refractivity (Wildman–Crippen MR) is 63.4 cm³/mol. The molecule has 1 saturated carbocycles. The number of hydrogen-bond acceptors (Lipinski definition) is 1. The second kappa shape index (κ2) is 4.89. The van der Waals surface area contributed by atoms with E-state index in [9.17, 15) is 5.11 Å². The summed E-state index contributed by atoms with van der Waals surface area (Å²) in [7, 11) is 0. The number of phenolic OH excluding ortho intramolecular Hbond substituents is 1. The average molecular weight is 225 g/mol. The van der Waals surface area contributed by atoms with Gasteiger partial charge in [-0.3, -0.25) is 0 Å². The van der Waals surface area contributed by atoms with Gasteiger partial charge in [-0.05, 0) is 24.0 Å². The molecule has 0 unspecified atom stereocenters. The lowest BCUT2D eigenvalue weighted by molar-refractivity contribution is 0.351. The molecule has 1 aliphatic carbocycles. The van der Waals surface area contributed by atoms with Crippen LogP contribution in [0.4, 0.5) is 0 Å². The van der Waals surface area contributed by atoms with Crippen LogP contribution in [0.5, 0.6) is 5.75 Å². The van der Waals surface area contributed by atoms with E-state index in [0.717, 1.165) is 17.9 Å². The molecule has 0 saturated heterocycles. The van der Waals surface area contributed by atoms with Gasteiger partial charge in [0.2, 0.25) is 0 Å². The quantitative estimate of drug-likeness (QED) is 0.800. The number of para-hydroxylation sites is 1. The third-order valence-corrected chi connectivity index (χ3v) is 3.61. The summed E-state index contributed by atoms with van der Waals surface area (Å²) in [5, 5.41) is 10.3. The number of phenols is 1. The highest BCUT2D eigenvalue weighted by atomic mass is 35.5. The predicted octanol–water partition coefficient (Wildman–Crippen LogP) is 4.17. The summed E-state index contributed by atoms with van der Waals surface area (Å²) in [5.41, 5.74) is 1.01. The fraction of sp³-hybridized carbons (Fsp3) is 0.538. The first kappa shape index (κ1) is 10.8. The highest BCUT2D eigenvalue weighted by molar-refractivity contribution is 6.32. The van der Waals surface area contributed by atoms with E-state index >= 15 is 0 Å². The zero-order valence-electron chi connectivity index (χ0n) is 8.88. The van der Waals surface area contributed by atoms with E-state index in [4.69, 9.17) is 11.6 Å². The second-order valence-corrected chi connectivity index (χ2v) is 4.86. The molecule has 1 aromatic carbocycles. The highest BCUT2D eigenvalue weighted by Gasteiger charge is 2.16. The first-order chi connectivity index (χ1) is 7.27. The Morgan fingerprint density at radius 3 is 2.67 bits per heavy atom. The summed E-state index contributed by atoms with van der Waals surface area (Å²) in [6, 6.07) is 5.64. The van der Waals surface area contributed by atoms with Crippen LogP contribution in [0.15, 0.2) is 18.2 Å². The van der Waals surface area contributed by atoms with E-state index in [2.05, 4.69) is 0 Å². The lowest BCUT2D eigenvalue weighted by Crippen LogP contribution is -2.09. The third-order valence-electron chi connectivity index (χ3n) is 3.30. The van der Waals surface area contributed by atoms with Crippen molar-refractivity contribution < 1.29 is 5.11 Å². The Morgan fingerprint density at radius 1 is 1.20 bits per heavy atom. The van der Waals surface area contributed by atoms with Crippen molar-refractivity contribution in [3.8, 4) is 5.75 Å². The topological polar surface area (TPSA) is 20.2 Å². The van der Waals surface area contributed by atoms with Crippen molar-refractivity contribution in [3.05, 3.63) is 28.8 Å². The number of rotatable bonds is 2. The molecule has 2 rings (SSSR count). The van der Waals surface area contributed by atoms with Gasteiger partial charge >= 0.3 is 0 Å². The minimum absolute atomic E-state index is 0.282. The maximum absolute atomic E-state index is 9.80. The molecule has 2 heteroatoms. The maximum Gasteiger partial charge on any atom is 0.137 e. The van der Waals surface area contributed by atoms with Crippen LogP contribution >= 0.6 is 11.6 Å². The first-order valence-electron chi connectivity index (χ1n) is 5.73. The van der Waals surface area contributed by atoms with Gasteiger partial charge in [0.15, 0.2) is 0 Å². The van der Waals surface area contributed by atoms with Crippen LogP contribution in [0.1, 0.15) is 37.7 Å². The van der Waals surface area contributed by atoms with Crippen LogP contribution in [0.3, 0.4) is 0 Å². The van der Waals surface area contributed by atoms with E-state index < -0.39 is 0 Å². The second-order valence-electron chi connectivity index (χ2n) is 4.46. The zero-order chi connectivity index (χ0) is 10.7. The minimum atomic E-state index is 0.282. The van der Waals surface area contributed by atoms with Gasteiger partial charge < -0.3 is 5.11 Å². The molecule has 0 aromatic heterocycles. The zero-order valence-corrected chi connectivity index (χ0v) is 9.63. The molecule has 82 valence electrons.